The highest BCUT2D eigenvalue weighted by atomic mass is 79.9. The van der Waals surface area contributed by atoms with Crippen molar-refractivity contribution in [1.82, 2.24) is 0 Å². The first kappa shape index (κ1) is 16.4. The molecule has 106 valence electrons. The summed E-state index contributed by atoms with van der Waals surface area (Å²) in [6.07, 6.45) is 1.68. The van der Waals surface area contributed by atoms with E-state index in [1.54, 1.807) is 36.4 Å². The predicted molar refractivity (Wildman–Crippen MR) is 93.5 cm³/mol. The molecular formula is C15H7Br2Cl2NO. The van der Waals surface area contributed by atoms with Crippen LogP contribution in [0.4, 0.5) is 0 Å². The van der Waals surface area contributed by atoms with Gasteiger partial charge < -0.3 is 5.11 Å². The summed E-state index contributed by atoms with van der Waals surface area (Å²) in [5.41, 5.74) is 1.75. The molecule has 0 unspecified atom stereocenters. The number of hydrogen-bond acceptors (Lipinski definition) is 2. The number of allylic oxidation sites excluding steroid dienone is 1. The molecular weight excluding hydrogens is 441 g/mol. The van der Waals surface area contributed by atoms with E-state index >= 15 is 0 Å². The van der Waals surface area contributed by atoms with Gasteiger partial charge in [-0.1, -0.05) is 29.3 Å². The fourth-order valence-electron chi connectivity index (χ4n) is 1.71. The zero-order valence-electron chi connectivity index (χ0n) is 10.4. The van der Waals surface area contributed by atoms with Crippen LogP contribution in [0.15, 0.2) is 39.3 Å². The summed E-state index contributed by atoms with van der Waals surface area (Å²) in [5.74, 6) is 0.107. The summed E-state index contributed by atoms with van der Waals surface area (Å²) in [4.78, 5) is 0. The molecule has 0 saturated carbocycles. The third kappa shape index (κ3) is 3.81. The second-order valence-electron chi connectivity index (χ2n) is 4.13. The highest BCUT2D eigenvalue weighted by Gasteiger charge is 2.09. The first-order valence-corrected chi connectivity index (χ1v) is 8.02. The SMILES string of the molecule is N#C/C(=C\c1cc(Br)c(O)c(Br)c1)c1ccc(Cl)cc1Cl. The first-order valence-electron chi connectivity index (χ1n) is 5.67. The maximum absolute atomic E-state index is 9.70. The molecule has 0 heterocycles. The minimum absolute atomic E-state index is 0.107. The molecule has 0 aromatic heterocycles. The smallest absolute Gasteiger partial charge is 0.143 e. The van der Waals surface area contributed by atoms with E-state index in [-0.39, 0.29) is 5.75 Å². The topological polar surface area (TPSA) is 44.0 Å². The molecule has 2 aromatic rings. The number of aromatic hydroxyl groups is 1. The van der Waals surface area contributed by atoms with Gasteiger partial charge in [0.25, 0.3) is 0 Å². The number of rotatable bonds is 2. The van der Waals surface area contributed by atoms with E-state index in [0.29, 0.717) is 30.1 Å². The Morgan fingerprint density at radius 2 is 1.76 bits per heavy atom. The molecule has 0 bridgehead atoms. The van der Waals surface area contributed by atoms with Gasteiger partial charge in [-0.2, -0.15) is 5.26 Å². The van der Waals surface area contributed by atoms with Crippen molar-refractivity contribution in [2.24, 2.45) is 0 Å². The van der Waals surface area contributed by atoms with Gasteiger partial charge in [0, 0.05) is 10.6 Å². The fourth-order valence-corrected chi connectivity index (χ4v) is 3.45. The van der Waals surface area contributed by atoms with Crippen molar-refractivity contribution < 1.29 is 5.11 Å². The molecule has 0 aliphatic carbocycles. The van der Waals surface area contributed by atoms with E-state index in [1.807, 2.05) is 0 Å². The summed E-state index contributed by atoms with van der Waals surface area (Å²) < 4.78 is 1.06. The molecule has 0 aliphatic heterocycles. The Morgan fingerprint density at radius 1 is 1.14 bits per heavy atom. The third-order valence-electron chi connectivity index (χ3n) is 2.69. The van der Waals surface area contributed by atoms with E-state index < -0.39 is 0 Å². The van der Waals surface area contributed by atoms with Crippen LogP contribution in [0.2, 0.25) is 10.0 Å². The number of nitriles is 1. The quantitative estimate of drug-likeness (QED) is 0.434. The second-order valence-corrected chi connectivity index (χ2v) is 6.68. The molecule has 0 radical (unpaired) electrons. The Labute approximate surface area is 148 Å². The third-order valence-corrected chi connectivity index (χ3v) is 4.45. The van der Waals surface area contributed by atoms with Gasteiger partial charge in [-0.15, -0.1) is 0 Å². The van der Waals surface area contributed by atoms with Crippen molar-refractivity contribution in [3.63, 3.8) is 0 Å². The molecule has 21 heavy (non-hydrogen) atoms. The van der Waals surface area contributed by atoms with Crippen LogP contribution in [0.3, 0.4) is 0 Å². The van der Waals surface area contributed by atoms with Gasteiger partial charge in [0.2, 0.25) is 0 Å². The van der Waals surface area contributed by atoms with Crippen LogP contribution in [0.5, 0.6) is 5.75 Å². The molecule has 2 nitrogen and oxygen atoms in total. The number of phenolic OH excluding ortho intramolecular Hbond substituents is 1. The summed E-state index contributed by atoms with van der Waals surface area (Å²) in [6, 6.07) is 10.5. The minimum atomic E-state index is 0.107. The molecule has 0 amide bonds. The molecule has 0 aliphatic rings. The van der Waals surface area contributed by atoms with Crippen molar-refractivity contribution >= 4 is 66.7 Å². The maximum atomic E-state index is 9.70. The Morgan fingerprint density at radius 3 is 2.29 bits per heavy atom. The Balaban J connectivity index is 2.54. The Hall–Kier alpha value is -0.990. The molecule has 0 spiro atoms. The molecule has 0 fully saturated rings. The van der Waals surface area contributed by atoms with Crippen molar-refractivity contribution in [2.75, 3.05) is 0 Å². The van der Waals surface area contributed by atoms with Crippen LogP contribution >= 0.6 is 55.1 Å². The highest BCUT2D eigenvalue weighted by molar-refractivity contribution is 9.11. The van der Waals surface area contributed by atoms with Gasteiger partial charge in [-0.3, -0.25) is 0 Å². The van der Waals surface area contributed by atoms with Crippen LogP contribution in [0, 0.1) is 11.3 Å². The first-order chi connectivity index (χ1) is 9.92. The predicted octanol–water partition coefficient (Wildman–Crippen LogP) is 6.29. The Bertz CT molecular complexity index is 759. The molecule has 1 N–H and O–H groups in total. The normalized spacial score (nSPS) is 11.3. The van der Waals surface area contributed by atoms with Crippen molar-refractivity contribution in [3.8, 4) is 11.8 Å². The minimum Gasteiger partial charge on any atom is -0.506 e. The van der Waals surface area contributed by atoms with Crippen LogP contribution in [0.25, 0.3) is 11.6 Å². The van der Waals surface area contributed by atoms with Gasteiger partial charge >= 0.3 is 0 Å². The summed E-state index contributed by atoms with van der Waals surface area (Å²) in [5, 5.41) is 20.0. The zero-order chi connectivity index (χ0) is 15.6. The highest BCUT2D eigenvalue weighted by Crippen LogP contribution is 2.35. The largest absolute Gasteiger partial charge is 0.506 e. The summed E-state index contributed by atoms with van der Waals surface area (Å²) in [7, 11) is 0. The average Bonchev–Trinajstić information content (AvgIpc) is 2.42. The van der Waals surface area contributed by atoms with E-state index in [2.05, 4.69) is 37.9 Å². The van der Waals surface area contributed by atoms with E-state index in [4.69, 9.17) is 23.2 Å². The van der Waals surface area contributed by atoms with Crippen molar-refractivity contribution in [1.29, 1.82) is 5.26 Å². The van der Waals surface area contributed by atoms with Gasteiger partial charge in [-0.25, -0.2) is 0 Å². The number of halogens is 4. The van der Waals surface area contributed by atoms with Gasteiger partial charge in [0.1, 0.15) is 5.75 Å². The van der Waals surface area contributed by atoms with E-state index in [1.165, 1.54) is 0 Å². The molecule has 0 saturated heterocycles. The lowest BCUT2D eigenvalue weighted by molar-refractivity contribution is 0.468. The Kier molecular flexibility index (Phi) is 5.34. The van der Waals surface area contributed by atoms with Gasteiger partial charge in [-0.05, 0) is 67.8 Å². The van der Waals surface area contributed by atoms with Gasteiger partial charge in [0.15, 0.2) is 0 Å². The summed E-state index contributed by atoms with van der Waals surface area (Å²) >= 11 is 18.5. The monoisotopic (exact) mass is 445 g/mol. The van der Waals surface area contributed by atoms with E-state index in [9.17, 15) is 10.4 Å². The molecule has 6 heteroatoms. The number of benzene rings is 2. The van der Waals surface area contributed by atoms with E-state index in [0.717, 1.165) is 5.56 Å². The van der Waals surface area contributed by atoms with Gasteiger partial charge in [0.05, 0.1) is 25.6 Å². The number of hydrogen-bond donors (Lipinski definition) is 1. The number of nitrogens with zero attached hydrogens (tertiary/aromatic N) is 1. The molecule has 2 rings (SSSR count). The van der Waals surface area contributed by atoms with Crippen LogP contribution in [-0.4, -0.2) is 5.11 Å². The van der Waals surface area contributed by atoms with Crippen LogP contribution in [-0.2, 0) is 0 Å². The summed E-state index contributed by atoms with van der Waals surface area (Å²) in [6.45, 7) is 0. The fraction of sp³-hybridized carbons (Fsp3) is 0. The second kappa shape index (κ2) is 6.85. The number of phenols is 1. The maximum Gasteiger partial charge on any atom is 0.143 e. The van der Waals surface area contributed by atoms with Crippen molar-refractivity contribution in [3.05, 3.63) is 60.4 Å². The lowest BCUT2D eigenvalue weighted by atomic mass is 10.0. The van der Waals surface area contributed by atoms with Crippen LogP contribution in [0.1, 0.15) is 11.1 Å². The standard InChI is InChI=1S/C15H7Br2Cl2NO/c16-12-4-8(5-13(17)15(12)21)3-9(7-20)11-2-1-10(18)6-14(11)19/h1-6,21H/b9-3+. The molecule has 0 atom stereocenters. The lowest BCUT2D eigenvalue weighted by Crippen LogP contribution is -1.85. The molecule has 2 aromatic carbocycles. The zero-order valence-corrected chi connectivity index (χ0v) is 15.1. The van der Waals surface area contributed by atoms with Crippen molar-refractivity contribution in [2.45, 2.75) is 0 Å². The average molecular weight is 448 g/mol. The van der Waals surface area contributed by atoms with Crippen LogP contribution < -0.4 is 0 Å². The lowest BCUT2D eigenvalue weighted by Gasteiger charge is -2.05.